The quantitative estimate of drug-likeness (QED) is 0.166. The highest BCUT2D eigenvalue weighted by Gasteiger charge is 2.57. The molecule has 1 amide bonds. The Bertz CT molecular complexity index is 1580. The molecule has 1 saturated carbocycles. The van der Waals surface area contributed by atoms with E-state index in [2.05, 4.69) is 25.7 Å². The van der Waals surface area contributed by atoms with Gasteiger partial charge in [0.2, 0.25) is 0 Å². The maximum absolute atomic E-state index is 13.9. The van der Waals surface area contributed by atoms with E-state index in [1.165, 1.54) is 23.0 Å². The molecule has 1 fully saturated rings. The number of imidazole rings is 1. The highest BCUT2D eigenvalue weighted by molar-refractivity contribution is 5.96. The summed E-state index contributed by atoms with van der Waals surface area (Å²) in [4.78, 5) is 21.3. The lowest BCUT2D eigenvalue weighted by molar-refractivity contribution is -0.141. The van der Waals surface area contributed by atoms with Gasteiger partial charge in [-0.25, -0.2) is 18.7 Å². The number of alkyl halides is 5. The van der Waals surface area contributed by atoms with E-state index in [1.807, 2.05) is 6.92 Å². The van der Waals surface area contributed by atoms with Crippen LogP contribution in [0.15, 0.2) is 43.0 Å². The number of carbonyl (C=O) groups excluding carboxylic acids is 1. The fourth-order valence-corrected chi connectivity index (χ4v) is 4.65. The third-order valence-electron chi connectivity index (χ3n) is 6.88. The minimum atomic E-state index is -4.81. The minimum Gasteiger partial charge on any atom is -0.378 e. The molecule has 0 saturated heterocycles. The first-order chi connectivity index (χ1) is 20.0. The van der Waals surface area contributed by atoms with Gasteiger partial charge in [-0.3, -0.25) is 13.9 Å². The van der Waals surface area contributed by atoms with Gasteiger partial charge in [0.1, 0.15) is 0 Å². The van der Waals surface area contributed by atoms with Crippen molar-refractivity contribution < 1.29 is 31.5 Å². The molecule has 3 aromatic heterocycles. The summed E-state index contributed by atoms with van der Waals surface area (Å²) >= 11 is 0. The minimum absolute atomic E-state index is 0.0771. The molecule has 0 radical (unpaired) electrons. The van der Waals surface area contributed by atoms with Crippen molar-refractivity contribution in [3.63, 3.8) is 0 Å². The Balaban J connectivity index is 1.39. The van der Waals surface area contributed by atoms with Crippen molar-refractivity contribution in [2.45, 2.75) is 38.4 Å². The molecule has 15 heteroatoms. The molecule has 3 heterocycles. The molecule has 0 bridgehead atoms. The number of ether oxygens (including phenoxy) is 1. The number of nitrogens with zero attached hydrogens (tertiary/aromatic N) is 5. The number of anilines is 2. The van der Waals surface area contributed by atoms with E-state index >= 15 is 0 Å². The summed E-state index contributed by atoms with van der Waals surface area (Å²) in [5.41, 5.74) is 6.07. The summed E-state index contributed by atoms with van der Waals surface area (Å²) in [6.07, 6.45) is 0.602. The van der Waals surface area contributed by atoms with Gasteiger partial charge in [0, 0.05) is 61.8 Å². The summed E-state index contributed by atoms with van der Waals surface area (Å²) in [6, 6.07) is 5.14. The Labute approximate surface area is 237 Å². The molecule has 4 N–H and O–H groups in total. The second-order valence-corrected chi connectivity index (χ2v) is 9.89. The third kappa shape index (κ3) is 6.21. The molecule has 1 aliphatic rings. The fraction of sp³-hybridized carbons (Fsp3) is 0.407. The van der Waals surface area contributed by atoms with Gasteiger partial charge in [0.05, 0.1) is 30.7 Å². The number of rotatable bonds is 12. The van der Waals surface area contributed by atoms with Crippen LogP contribution in [0.2, 0.25) is 0 Å². The molecule has 42 heavy (non-hydrogen) atoms. The zero-order valence-electron chi connectivity index (χ0n) is 22.6. The molecule has 0 aliphatic heterocycles. The zero-order valence-corrected chi connectivity index (χ0v) is 22.6. The van der Waals surface area contributed by atoms with Crippen LogP contribution in [0, 0.1) is 5.92 Å². The summed E-state index contributed by atoms with van der Waals surface area (Å²) < 4.78 is 76.1. The highest BCUT2D eigenvalue weighted by atomic mass is 19.4. The van der Waals surface area contributed by atoms with Crippen molar-refractivity contribution >= 4 is 23.1 Å². The average Bonchev–Trinajstić information content (AvgIpc) is 3.28. The molecular weight excluding hydrogens is 563 g/mol. The van der Waals surface area contributed by atoms with Gasteiger partial charge >= 0.3 is 6.18 Å². The van der Waals surface area contributed by atoms with Crippen LogP contribution in [0.4, 0.5) is 33.5 Å². The van der Waals surface area contributed by atoms with Gasteiger partial charge in [-0.1, -0.05) is 6.92 Å². The second-order valence-electron chi connectivity index (χ2n) is 9.89. The first kappa shape index (κ1) is 29.4. The fourth-order valence-electron chi connectivity index (χ4n) is 4.65. The largest absolute Gasteiger partial charge is 0.435 e. The van der Waals surface area contributed by atoms with E-state index in [9.17, 15) is 26.7 Å². The third-order valence-corrected chi connectivity index (χ3v) is 6.88. The zero-order chi connectivity index (χ0) is 30.1. The van der Waals surface area contributed by atoms with Crippen LogP contribution in [-0.2, 0) is 23.9 Å². The van der Waals surface area contributed by atoms with Gasteiger partial charge in [-0.15, -0.1) is 0 Å². The maximum atomic E-state index is 13.9. The highest BCUT2D eigenvalue weighted by Crippen LogP contribution is 2.49. The van der Waals surface area contributed by atoms with Gasteiger partial charge in [-0.2, -0.15) is 18.3 Å². The van der Waals surface area contributed by atoms with Crippen LogP contribution < -0.4 is 16.4 Å². The number of hydrogen-bond acceptors (Lipinski definition) is 7. The molecule has 1 aromatic carbocycles. The molecule has 5 rings (SSSR count). The van der Waals surface area contributed by atoms with Gasteiger partial charge < -0.3 is 21.1 Å². The Kier molecular flexibility index (Phi) is 8.14. The van der Waals surface area contributed by atoms with E-state index < -0.39 is 23.7 Å². The second kappa shape index (κ2) is 11.6. The number of halogens is 5. The molecular formula is C27H29F5N8O2. The Morgan fingerprint density at radius 1 is 1.24 bits per heavy atom. The van der Waals surface area contributed by atoms with Crippen molar-refractivity contribution in [1.82, 2.24) is 29.5 Å². The topological polar surface area (TPSA) is 124 Å². The van der Waals surface area contributed by atoms with Crippen molar-refractivity contribution in [1.29, 1.82) is 0 Å². The predicted octanol–water partition coefficient (Wildman–Crippen LogP) is 4.28. The molecule has 10 nitrogen and oxygen atoms in total. The van der Waals surface area contributed by atoms with Crippen LogP contribution in [0.1, 0.15) is 35.0 Å². The molecule has 1 unspecified atom stereocenters. The SMILES string of the molecule is CCc1cc(Nc2nccn3c(-c4cn(CC5CC5(F)F)nc4C(F)(F)F)cnc23)ccc1C(=O)NCCOCCN. The average molecular weight is 593 g/mol. The van der Waals surface area contributed by atoms with E-state index in [-0.39, 0.29) is 41.6 Å². The molecule has 4 aromatic rings. The van der Waals surface area contributed by atoms with Gasteiger partial charge in [-0.05, 0) is 30.2 Å². The normalized spacial score (nSPS) is 16.1. The van der Waals surface area contributed by atoms with E-state index in [0.717, 1.165) is 16.4 Å². The number of amides is 1. The van der Waals surface area contributed by atoms with Gasteiger partial charge in [0.25, 0.3) is 11.8 Å². The predicted molar refractivity (Wildman–Crippen MR) is 144 cm³/mol. The lowest BCUT2D eigenvalue weighted by Gasteiger charge is -2.13. The van der Waals surface area contributed by atoms with Crippen molar-refractivity contribution in [2.75, 3.05) is 31.6 Å². The van der Waals surface area contributed by atoms with Crippen LogP contribution in [0.3, 0.4) is 0 Å². The van der Waals surface area contributed by atoms with Crippen molar-refractivity contribution in [3.8, 4) is 11.3 Å². The first-order valence-corrected chi connectivity index (χ1v) is 13.3. The first-order valence-electron chi connectivity index (χ1n) is 13.3. The molecule has 1 atom stereocenters. The number of hydrogen-bond donors (Lipinski definition) is 3. The van der Waals surface area contributed by atoms with E-state index in [1.54, 1.807) is 18.2 Å². The molecule has 224 valence electrons. The van der Waals surface area contributed by atoms with Crippen LogP contribution >= 0.6 is 0 Å². The summed E-state index contributed by atoms with van der Waals surface area (Å²) in [5, 5.41) is 9.53. The molecule has 1 aliphatic carbocycles. The maximum Gasteiger partial charge on any atom is 0.435 e. The number of fused-ring (bicyclic) bond motifs is 1. The van der Waals surface area contributed by atoms with Crippen LogP contribution in [0.5, 0.6) is 0 Å². The van der Waals surface area contributed by atoms with Gasteiger partial charge in [0.15, 0.2) is 17.2 Å². The Morgan fingerprint density at radius 2 is 2.02 bits per heavy atom. The van der Waals surface area contributed by atoms with Crippen molar-refractivity contribution in [2.24, 2.45) is 11.7 Å². The molecule has 0 spiro atoms. The summed E-state index contributed by atoms with van der Waals surface area (Å²) in [5.74, 6) is -3.92. The lowest BCUT2D eigenvalue weighted by atomic mass is 10.0. The summed E-state index contributed by atoms with van der Waals surface area (Å²) in [7, 11) is 0. The standard InChI is InChI=1S/C27H29F5N8O2/c1-2-16-11-18(3-4-19(16)25(41)35-7-10-42-9-5-33)37-23-24-36-13-21(40(24)8-6-34-23)20-15-39(14-17-12-26(17,28)29)38-22(20)27(30,31)32/h3-4,6,8,11,13,15,17H,2,5,7,9-10,12,14,33H2,1H3,(H,34,37)(H,35,41). The monoisotopic (exact) mass is 592 g/mol. The smallest absolute Gasteiger partial charge is 0.378 e. The number of carbonyl (C=O) groups is 1. The Morgan fingerprint density at radius 3 is 2.71 bits per heavy atom. The van der Waals surface area contributed by atoms with E-state index in [0.29, 0.717) is 44.0 Å². The number of nitrogens with two attached hydrogens (primary N) is 1. The number of aryl methyl sites for hydroxylation is 1. The van der Waals surface area contributed by atoms with Crippen LogP contribution in [0.25, 0.3) is 16.9 Å². The van der Waals surface area contributed by atoms with Crippen LogP contribution in [-0.4, -0.2) is 62.3 Å². The summed E-state index contributed by atoms with van der Waals surface area (Å²) in [6.45, 7) is 3.06. The number of benzene rings is 1. The van der Waals surface area contributed by atoms with E-state index in [4.69, 9.17) is 10.5 Å². The number of nitrogens with one attached hydrogen (secondary N) is 2. The number of aromatic nitrogens is 5. The van der Waals surface area contributed by atoms with Crippen molar-refractivity contribution in [3.05, 3.63) is 59.8 Å². The Hall–Kier alpha value is -4.11. The lowest BCUT2D eigenvalue weighted by Crippen LogP contribution is -2.28.